The number of methoxy groups -OCH3 is 1. The minimum Gasteiger partial charge on any atom is -0.497 e. The van der Waals surface area contributed by atoms with Crippen molar-refractivity contribution >= 4 is 11.9 Å². The maximum Gasteiger partial charge on any atom is 0.326 e. The van der Waals surface area contributed by atoms with Gasteiger partial charge in [-0.2, -0.15) is 0 Å². The van der Waals surface area contributed by atoms with Gasteiger partial charge in [0, 0.05) is 18.3 Å². The topological polar surface area (TPSA) is 130 Å². The summed E-state index contributed by atoms with van der Waals surface area (Å²) in [6.45, 7) is 0. The van der Waals surface area contributed by atoms with Crippen molar-refractivity contribution < 1.29 is 19.4 Å². The Hall–Kier alpha value is -2.87. The molecule has 1 heterocycles. The highest BCUT2D eigenvalue weighted by atomic mass is 16.5. The average molecular weight is 332 g/mol. The van der Waals surface area contributed by atoms with Crippen LogP contribution in [0.3, 0.4) is 0 Å². The Morgan fingerprint density at radius 1 is 1.33 bits per heavy atom. The lowest BCUT2D eigenvalue weighted by Gasteiger charge is -2.17. The molecule has 1 aromatic carbocycles. The number of aromatic amines is 1. The fourth-order valence-electron chi connectivity index (χ4n) is 2.20. The van der Waals surface area contributed by atoms with Crippen LogP contribution < -0.4 is 15.8 Å². The van der Waals surface area contributed by atoms with E-state index < -0.39 is 24.0 Å². The predicted octanol–water partition coefficient (Wildman–Crippen LogP) is 0.100. The third-order valence-corrected chi connectivity index (χ3v) is 3.54. The van der Waals surface area contributed by atoms with E-state index in [2.05, 4.69) is 15.3 Å². The van der Waals surface area contributed by atoms with Crippen molar-refractivity contribution in [1.82, 2.24) is 15.3 Å². The Bertz CT molecular complexity index is 670. The number of nitrogens with one attached hydrogen (secondary N) is 2. The van der Waals surface area contributed by atoms with E-state index in [1.807, 2.05) is 12.1 Å². The number of carboxylic acids is 1. The number of aromatic nitrogens is 2. The lowest BCUT2D eigenvalue weighted by molar-refractivity contribution is -0.142. The molecule has 5 N–H and O–H groups in total. The van der Waals surface area contributed by atoms with E-state index in [0.29, 0.717) is 17.9 Å². The molecule has 24 heavy (non-hydrogen) atoms. The fraction of sp³-hybridized carbons (Fsp3) is 0.312. The van der Waals surface area contributed by atoms with Crippen LogP contribution in [0.4, 0.5) is 0 Å². The molecule has 2 aromatic rings. The van der Waals surface area contributed by atoms with Gasteiger partial charge < -0.3 is 25.9 Å². The Labute approximate surface area is 139 Å². The van der Waals surface area contributed by atoms with Crippen LogP contribution in [0, 0.1) is 0 Å². The van der Waals surface area contributed by atoms with Crippen molar-refractivity contribution in [3.63, 3.8) is 0 Å². The molecule has 0 radical (unpaired) electrons. The number of ether oxygens (including phenoxy) is 1. The molecule has 0 spiro atoms. The number of nitrogens with zero attached hydrogens (tertiary/aromatic N) is 1. The second kappa shape index (κ2) is 8.11. The van der Waals surface area contributed by atoms with Gasteiger partial charge >= 0.3 is 5.97 Å². The molecule has 0 aliphatic rings. The molecule has 8 heteroatoms. The molecule has 0 saturated carbocycles. The summed E-state index contributed by atoms with van der Waals surface area (Å²) in [5.41, 5.74) is 7.36. The van der Waals surface area contributed by atoms with Gasteiger partial charge in [0.2, 0.25) is 5.91 Å². The number of nitrogens with two attached hydrogens (primary N) is 1. The van der Waals surface area contributed by atoms with Crippen LogP contribution in [-0.2, 0) is 22.4 Å². The van der Waals surface area contributed by atoms with Crippen LogP contribution in [0.15, 0.2) is 36.8 Å². The summed E-state index contributed by atoms with van der Waals surface area (Å²) in [5.74, 6) is -0.936. The molecule has 0 saturated heterocycles. The van der Waals surface area contributed by atoms with E-state index in [4.69, 9.17) is 10.5 Å². The van der Waals surface area contributed by atoms with E-state index in [1.54, 1.807) is 19.2 Å². The summed E-state index contributed by atoms with van der Waals surface area (Å²) in [6, 6.07) is 5.26. The zero-order chi connectivity index (χ0) is 17.5. The number of carbonyl (C=O) groups excluding carboxylic acids is 1. The summed E-state index contributed by atoms with van der Waals surface area (Å²) >= 11 is 0. The summed E-state index contributed by atoms with van der Waals surface area (Å²) in [5, 5.41) is 11.7. The van der Waals surface area contributed by atoms with E-state index in [-0.39, 0.29) is 6.42 Å². The minimum absolute atomic E-state index is 0.107. The Morgan fingerprint density at radius 2 is 2.04 bits per heavy atom. The highest BCUT2D eigenvalue weighted by Gasteiger charge is 2.24. The largest absolute Gasteiger partial charge is 0.497 e. The molecular formula is C16H20N4O4. The number of amides is 1. The number of imidazole rings is 1. The highest BCUT2D eigenvalue weighted by Crippen LogP contribution is 2.12. The second-order valence-electron chi connectivity index (χ2n) is 5.34. The van der Waals surface area contributed by atoms with Crippen molar-refractivity contribution in [2.75, 3.05) is 7.11 Å². The van der Waals surface area contributed by atoms with Crippen molar-refractivity contribution in [2.45, 2.75) is 24.9 Å². The van der Waals surface area contributed by atoms with Crippen molar-refractivity contribution in [2.24, 2.45) is 5.73 Å². The summed E-state index contributed by atoms with van der Waals surface area (Å²) < 4.78 is 5.07. The number of carbonyl (C=O) groups is 2. The molecule has 128 valence electrons. The van der Waals surface area contributed by atoms with Crippen LogP contribution in [0.2, 0.25) is 0 Å². The maximum atomic E-state index is 12.2. The van der Waals surface area contributed by atoms with Gasteiger partial charge in [0.05, 0.1) is 19.5 Å². The molecule has 1 amide bonds. The fourth-order valence-corrected chi connectivity index (χ4v) is 2.20. The van der Waals surface area contributed by atoms with Crippen molar-refractivity contribution in [3.05, 3.63) is 48.0 Å². The lowest BCUT2D eigenvalue weighted by Crippen LogP contribution is -2.50. The number of aliphatic carboxylic acids is 1. The van der Waals surface area contributed by atoms with Crippen LogP contribution in [0.1, 0.15) is 11.3 Å². The van der Waals surface area contributed by atoms with E-state index >= 15 is 0 Å². The van der Waals surface area contributed by atoms with Gasteiger partial charge in [-0.3, -0.25) is 4.79 Å². The molecular weight excluding hydrogens is 312 g/mol. The standard InChI is InChI=1S/C16H20N4O4/c1-24-12-4-2-10(3-5-12)6-13(17)15(21)20-14(16(22)23)7-11-8-18-9-19-11/h2-5,8-9,13-14H,6-7,17H2,1H3,(H,18,19)(H,20,21)(H,22,23)/t13-,14-/m1/s1. The van der Waals surface area contributed by atoms with Gasteiger partial charge in [-0.05, 0) is 24.1 Å². The Morgan fingerprint density at radius 3 is 2.58 bits per heavy atom. The van der Waals surface area contributed by atoms with Crippen LogP contribution in [-0.4, -0.2) is 46.1 Å². The first-order chi connectivity index (χ1) is 11.5. The molecule has 2 rings (SSSR count). The van der Waals surface area contributed by atoms with Gasteiger partial charge in [-0.1, -0.05) is 12.1 Å². The van der Waals surface area contributed by atoms with Gasteiger partial charge in [-0.25, -0.2) is 9.78 Å². The molecule has 1 aromatic heterocycles. The summed E-state index contributed by atoms with van der Waals surface area (Å²) in [6.07, 6.45) is 3.37. The number of hydrogen-bond acceptors (Lipinski definition) is 5. The van der Waals surface area contributed by atoms with Gasteiger partial charge in [0.1, 0.15) is 11.8 Å². The molecule has 0 fully saturated rings. The summed E-state index contributed by atoms with van der Waals surface area (Å²) in [7, 11) is 1.57. The molecule has 0 bridgehead atoms. The first-order valence-corrected chi connectivity index (χ1v) is 7.38. The first kappa shape index (κ1) is 17.5. The lowest BCUT2D eigenvalue weighted by atomic mass is 10.0. The van der Waals surface area contributed by atoms with Crippen molar-refractivity contribution in [3.8, 4) is 5.75 Å². The molecule has 0 unspecified atom stereocenters. The van der Waals surface area contributed by atoms with Crippen LogP contribution >= 0.6 is 0 Å². The van der Waals surface area contributed by atoms with Crippen molar-refractivity contribution in [1.29, 1.82) is 0 Å². The number of carboxylic acid groups (broad SMARTS) is 1. The zero-order valence-corrected chi connectivity index (χ0v) is 13.2. The Kier molecular flexibility index (Phi) is 5.91. The molecule has 0 aliphatic carbocycles. The number of benzene rings is 1. The van der Waals surface area contributed by atoms with Gasteiger partial charge in [0.15, 0.2) is 0 Å². The number of H-pyrrole nitrogens is 1. The zero-order valence-electron chi connectivity index (χ0n) is 13.2. The molecule has 8 nitrogen and oxygen atoms in total. The first-order valence-electron chi connectivity index (χ1n) is 7.38. The van der Waals surface area contributed by atoms with E-state index in [9.17, 15) is 14.7 Å². The Balaban J connectivity index is 1.93. The van der Waals surface area contributed by atoms with Gasteiger partial charge in [-0.15, -0.1) is 0 Å². The van der Waals surface area contributed by atoms with E-state index in [1.165, 1.54) is 12.5 Å². The van der Waals surface area contributed by atoms with Gasteiger partial charge in [0.25, 0.3) is 0 Å². The highest BCUT2D eigenvalue weighted by molar-refractivity contribution is 5.87. The number of hydrogen-bond donors (Lipinski definition) is 4. The third-order valence-electron chi connectivity index (χ3n) is 3.54. The van der Waals surface area contributed by atoms with Crippen LogP contribution in [0.5, 0.6) is 5.75 Å². The second-order valence-corrected chi connectivity index (χ2v) is 5.34. The number of rotatable bonds is 8. The smallest absolute Gasteiger partial charge is 0.326 e. The normalized spacial score (nSPS) is 13.1. The SMILES string of the molecule is COc1ccc(C[C@@H](N)C(=O)N[C@H](Cc2cnc[nH]2)C(=O)O)cc1. The molecule has 0 aliphatic heterocycles. The predicted molar refractivity (Wildman–Crippen MR) is 86.5 cm³/mol. The summed E-state index contributed by atoms with van der Waals surface area (Å²) in [4.78, 5) is 30.1. The van der Waals surface area contributed by atoms with Crippen LogP contribution in [0.25, 0.3) is 0 Å². The molecule has 2 atom stereocenters. The third kappa shape index (κ3) is 4.82. The maximum absolute atomic E-state index is 12.2. The minimum atomic E-state index is -1.13. The quantitative estimate of drug-likeness (QED) is 0.542. The van der Waals surface area contributed by atoms with E-state index in [0.717, 1.165) is 5.56 Å². The average Bonchev–Trinajstić information content (AvgIpc) is 3.07. The monoisotopic (exact) mass is 332 g/mol.